The Morgan fingerprint density at radius 1 is 1.21 bits per heavy atom. The molecular formula is C17H23ClO. The number of halogens is 1. The van der Waals surface area contributed by atoms with Crippen LogP contribution >= 0.6 is 11.6 Å². The highest BCUT2D eigenvalue weighted by atomic mass is 35.5. The lowest BCUT2D eigenvalue weighted by atomic mass is 9.82. The number of hydrogen-bond donors (Lipinski definition) is 0. The van der Waals surface area contributed by atoms with E-state index in [2.05, 4.69) is 26.0 Å². The van der Waals surface area contributed by atoms with Gasteiger partial charge in [-0.1, -0.05) is 37.6 Å². The summed E-state index contributed by atoms with van der Waals surface area (Å²) in [7, 11) is 0. The predicted molar refractivity (Wildman–Crippen MR) is 79.5 cm³/mol. The van der Waals surface area contributed by atoms with Crippen LogP contribution in [0, 0.1) is 17.8 Å². The zero-order valence-electron chi connectivity index (χ0n) is 11.9. The lowest BCUT2D eigenvalue weighted by molar-refractivity contribution is 0.179. The van der Waals surface area contributed by atoms with E-state index in [-0.39, 0.29) is 5.60 Å². The van der Waals surface area contributed by atoms with Crippen LogP contribution in [0.25, 0.3) is 0 Å². The van der Waals surface area contributed by atoms with Crippen molar-refractivity contribution in [3.05, 3.63) is 34.9 Å². The minimum atomic E-state index is 0.226. The summed E-state index contributed by atoms with van der Waals surface area (Å²) in [5.41, 5.74) is 1.62. The molecule has 1 heterocycles. The first-order chi connectivity index (χ1) is 9.10. The summed E-state index contributed by atoms with van der Waals surface area (Å²) < 4.78 is 5.95. The fourth-order valence-corrected chi connectivity index (χ4v) is 3.97. The summed E-state index contributed by atoms with van der Waals surface area (Å²) in [6, 6.07) is 8.32. The quantitative estimate of drug-likeness (QED) is 0.726. The molecule has 1 nitrogen and oxygen atoms in total. The van der Waals surface area contributed by atoms with Crippen molar-refractivity contribution in [1.29, 1.82) is 0 Å². The van der Waals surface area contributed by atoms with Gasteiger partial charge < -0.3 is 4.74 Å². The number of hydrogen-bond acceptors (Lipinski definition) is 1. The van der Waals surface area contributed by atoms with Gasteiger partial charge in [-0.3, -0.25) is 0 Å². The molecule has 3 rings (SSSR count). The molecule has 2 heteroatoms. The maximum atomic E-state index is 5.95. The zero-order chi connectivity index (χ0) is 13.5. The molecule has 3 atom stereocenters. The molecule has 2 aliphatic rings. The van der Waals surface area contributed by atoms with E-state index in [1.54, 1.807) is 0 Å². The van der Waals surface area contributed by atoms with E-state index in [4.69, 9.17) is 16.3 Å². The second-order valence-electron chi connectivity index (χ2n) is 6.67. The third-order valence-electron chi connectivity index (χ3n) is 4.87. The normalized spacial score (nSPS) is 33.3. The molecule has 1 saturated heterocycles. The van der Waals surface area contributed by atoms with E-state index in [1.807, 2.05) is 12.1 Å². The van der Waals surface area contributed by atoms with E-state index >= 15 is 0 Å². The molecule has 19 heavy (non-hydrogen) atoms. The summed E-state index contributed by atoms with van der Waals surface area (Å²) >= 11 is 5.95. The molecule has 0 bridgehead atoms. The second-order valence-corrected chi connectivity index (χ2v) is 7.11. The maximum absolute atomic E-state index is 5.95. The van der Waals surface area contributed by atoms with Crippen molar-refractivity contribution in [2.24, 2.45) is 17.8 Å². The Morgan fingerprint density at radius 2 is 1.84 bits per heavy atom. The first-order valence-electron chi connectivity index (χ1n) is 7.48. The Kier molecular flexibility index (Phi) is 3.61. The number of rotatable bonds is 4. The lowest BCUT2D eigenvalue weighted by Crippen LogP contribution is -2.28. The van der Waals surface area contributed by atoms with Crippen LogP contribution in [-0.2, 0) is 11.2 Å². The molecular weight excluding hydrogens is 256 g/mol. The van der Waals surface area contributed by atoms with Crippen molar-refractivity contribution >= 4 is 11.6 Å². The third kappa shape index (κ3) is 2.68. The van der Waals surface area contributed by atoms with Crippen LogP contribution < -0.4 is 0 Å². The van der Waals surface area contributed by atoms with Crippen molar-refractivity contribution in [1.82, 2.24) is 0 Å². The van der Waals surface area contributed by atoms with Crippen LogP contribution in [0.15, 0.2) is 24.3 Å². The fraction of sp³-hybridized carbons (Fsp3) is 0.647. The molecule has 1 aliphatic heterocycles. The van der Waals surface area contributed by atoms with Gasteiger partial charge in [0.2, 0.25) is 0 Å². The molecule has 0 N–H and O–H groups in total. The molecule has 1 aromatic carbocycles. The predicted octanol–water partition coefficient (Wildman–Crippen LogP) is 4.72. The van der Waals surface area contributed by atoms with Crippen LogP contribution in [0.3, 0.4) is 0 Å². The van der Waals surface area contributed by atoms with Crippen molar-refractivity contribution in [3.8, 4) is 0 Å². The van der Waals surface area contributed by atoms with Gasteiger partial charge in [0.1, 0.15) is 0 Å². The highest BCUT2D eigenvalue weighted by Gasteiger charge is 2.59. The topological polar surface area (TPSA) is 12.5 Å². The minimum absolute atomic E-state index is 0.226. The molecule has 0 amide bonds. The van der Waals surface area contributed by atoms with E-state index in [9.17, 15) is 0 Å². The van der Waals surface area contributed by atoms with Gasteiger partial charge in [-0.05, 0) is 61.1 Å². The van der Waals surface area contributed by atoms with Crippen molar-refractivity contribution in [2.45, 2.75) is 45.1 Å². The first kappa shape index (κ1) is 13.5. The average molecular weight is 279 g/mol. The van der Waals surface area contributed by atoms with Crippen LogP contribution in [0.4, 0.5) is 0 Å². The highest BCUT2D eigenvalue weighted by Crippen LogP contribution is 2.55. The molecule has 1 aliphatic carbocycles. The summed E-state index contributed by atoms with van der Waals surface area (Å²) in [5.74, 6) is 2.27. The Hall–Kier alpha value is -0.530. The first-order valence-corrected chi connectivity index (χ1v) is 7.86. The summed E-state index contributed by atoms with van der Waals surface area (Å²) in [5, 5.41) is 0.824. The fourth-order valence-electron chi connectivity index (χ4n) is 3.85. The van der Waals surface area contributed by atoms with Gasteiger partial charge >= 0.3 is 0 Å². The van der Waals surface area contributed by atoms with Crippen LogP contribution in [0.2, 0.25) is 5.02 Å². The summed E-state index contributed by atoms with van der Waals surface area (Å²) in [6.07, 6.45) is 5.12. The largest absolute Gasteiger partial charge is 0.369 e. The molecule has 0 aromatic heterocycles. The zero-order valence-corrected chi connectivity index (χ0v) is 12.6. The molecule has 1 spiro atoms. The van der Waals surface area contributed by atoms with Gasteiger partial charge in [0, 0.05) is 5.02 Å². The van der Waals surface area contributed by atoms with Gasteiger partial charge in [0.15, 0.2) is 0 Å². The minimum Gasteiger partial charge on any atom is -0.369 e. The van der Waals surface area contributed by atoms with Crippen LogP contribution in [0.1, 0.15) is 38.7 Å². The Labute approximate surface area is 121 Å². The Bertz CT molecular complexity index is 433. The van der Waals surface area contributed by atoms with Crippen LogP contribution in [0.5, 0.6) is 0 Å². The van der Waals surface area contributed by atoms with Crippen LogP contribution in [-0.4, -0.2) is 12.2 Å². The Balaban J connectivity index is 1.68. The van der Waals surface area contributed by atoms with E-state index in [1.165, 1.54) is 24.8 Å². The van der Waals surface area contributed by atoms with Crippen molar-refractivity contribution in [2.75, 3.05) is 6.61 Å². The molecule has 0 unspecified atom stereocenters. The molecule has 2 fully saturated rings. The highest BCUT2D eigenvalue weighted by molar-refractivity contribution is 6.30. The van der Waals surface area contributed by atoms with Gasteiger partial charge in [0.25, 0.3) is 0 Å². The molecule has 0 radical (unpaired) electrons. The Morgan fingerprint density at radius 3 is 2.42 bits per heavy atom. The number of ether oxygens (including phenoxy) is 1. The second kappa shape index (κ2) is 5.10. The SMILES string of the molecule is CC(C)C[C@H]1CC[C@@H](Cc2ccc(Cl)cc2)[C@@]12CO2. The van der Waals surface area contributed by atoms with Crippen molar-refractivity contribution in [3.63, 3.8) is 0 Å². The number of epoxide rings is 1. The summed E-state index contributed by atoms with van der Waals surface area (Å²) in [6.45, 7) is 5.63. The van der Waals surface area contributed by atoms with E-state index in [0.29, 0.717) is 5.92 Å². The summed E-state index contributed by atoms with van der Waals surface area (Å²) in [4.78, 5) is 0. The van der Waals surface area contributed by atoms with Gasteiger partial charge in [-0.2, -0.15) is 0 Å². The number of benzene rings is 1. The van der Waals surface area contributed by atoms with Gasteiger partial charge in [-0.15, -0.1) is 0 Å². The smallest absolute Gasteiger partial charge is 0.0975 e. The molecule has 104 valence electrons. The van der Waals surface area contributed by atoms with E-state index < -0.39 is 0 Å². The van der Waals surface area contributed by atoms with Gasteiger partial charge in [-0.25, -0.2) is 0 Å². The molecule has 1 saturated carbocycles. The average Bonchev–Trinajstić information content (AvgIpc) is 3.09. The van der Waals surface area contributed by atoms with Gasteiger partial charge in [0.05, 0.1) is 12.2 Å². The molecule has 1 aromatic rings. The standard InChI is InChI=1S/C17H23ClO/c1-12(2)9-14-5-6-15(17(14)11-19-17)10-13-3-7-16(18)8-4-13/h3-4,7-8,12,14-15H,5-6,9-11H2,1-2H3/t14-,15+,17-/m1/s1. The maximum Gasteiger partial charge on any atom is 0.0975 e. The lowest BCUT2D eigenvalue weighted by Gasteiger charge is -2.22. The monoisotopic (exact) mass is 278 g/mol. The third-order valence-corrected chi connectivity index (χ3v) is 5.13. The van der Waals surface area contributed by atoms with E-state index in [0.717, 1.165) is 29.9 Å². The van der Waals surface area contributed by atoms with Crippen molar-refractivity contribution < 1.29 is 4.74 Å².